The van der Waals surface area contributed by atoms with Gasteiger partial charge in [0.15, 0.2) is 0 Å². The van der Waals surface area contributed by atoms with Gasteiger partial charge < -0.3 is 25.0 Å². The second-order valence-electron chi connectivity index (χ2n) is 12.1. The highest BCUT2D eigenvalue weighted by Gasteiger charge is 2.72. The molecule has 4 heterocycles. The summed E-state index contributed by atoms with van der Waals surface area (Å²) >= 11 is 6.01. The van der Waals surface area contributed by atoms with Crippen molar-refractivity contribution in [3.8, 4) is 0 Å². The molecule has 1 aliphatic carbocycles. The third-order valence-corrected chi connectivity index (χ3v) is 10.1. The molecule has 2 N–H and O–H groups in total. The first kappa shape index (κ1) is 27.7. The van der Waals surface area contributed by atoms with Crippen LogP contribution in [0.5, 0.6) is 0 Å². The molecule has 1 aromatic carbocycles. The number of nitrogens with one attached hydrogen (secondary N) is 2. The van der Waals surface area contributed by atoms with Crippen LogP contribution in [-0.2, 0) is 23.9 Å². The van der Waals surface area contributed by atoms with E-state index in [1.54, 1.807) is 29.2 Å². The van der Waals surface area contributed by atoms with Crippen molar-refractivity contribution in [2.24, 2.45) is 23.7 Å². The highest BCUT2D eigenvalue weighted by atomic mass is 35.5. The number of benzene rings is 1. The topological polar surface area (TPSA) is 100 Å². The Morgan fingerprint density at radius 2 is 1.82 bits per heavy atom. The fourth-order valence-electron chi connectivity index (χ4n) is 7.39. The third kappa shape index (κ3) is 4.85. The molecule has 1 aromatic rings. The first-order chi connectivity index (χ1) is 19.3. The maximum atomic E-state index is 14.2. The van der Waals surface area contributed by atoms with Gasteiger partial charge in [-0.25, -0.2) is 0 Å². The molecule has 40 heavy (non-hydrogen) atoms. The highest BCUT2D eigenvalue weighted by molar-refractivity contribution is 6.30. The summed E-state index contributed by atoms with van der Waals surface area (Å²) in [6.45, 7) is 8.34. The highest BCUT2D eigenvalue weighted by Crippen LogP contribution is 2.55. The van der Waals surface area contributed by atoms with Gasteiger partial charge in [-0.2, -0.15) is 0 Å². The summed E-state index contributed by atoms with van der Waals surface area (Å²) in [5, 5.41) is 6.83. The normalized spacial score (nSPS) is 37.0. The van der Waals surface area contributed by atoms with Crippen LogP contribution in [0.3, 0.4) is 0 Å². The third-order valence-electron chi connectivity index (χ3n) is 9.83. The van der Waals surface area contributed by atoms with Crippen LogP contribution in [0.15, 0.2) is 36.4 Å². The zero-order valence-electron chi connectivity index (χ0n) is 23.2. The number of hydrogen-bond acceptors (Lipinski definition) is 6. The number of fused-ring (bicyclic) bond motifs is 1. The lowest BCUT2D eigenvalue weighted by Gasteiger charge is -2.38. The monoisotopic (exact) mass is 570 g/mol. The number of anilines is 1. The summed E-state index contributed by atoms with van der Waals surface area (Å²) in [6, 6.07) is 6.09. The number of carbonyl (C=O) groups is 3. The molecule has 4 fully saturated rings. The zero-order chi connectivity index (χ0) is 28.0. The molecule has 6 rings (SSSR count). The molecular weight excluding hydrogens is 532 g/mol. The van der Waals surface area contributed by atoms with Gasteiger partial charge in [-0.05, 0) is 42.5 Å². The first-order valence-corrected chi connectivity index (χ1v) is 15.0. The minimum absolute atomic E-state index is 0.0504. The maximum Gasteiger partial charge on any atom is 0.246 e. The Hall–Kier alpha value is -2.46. The Kier molecular flexibility index (Phi) is 7.67. The lowest BCUT2D eigenvalue weighted by molar-refractivity contribution is -0.142. The molecule has 0 unspecified atom stereocenters. The zero-order valence-corrected chi connectivity index (χ0v) is 23.9. The van der Waals surface area contributed by atoms with E-state index in [1.165, 1.54) is 0 Å². The molecular formula is C30H39ClN4O5. The summed E-state index contributed by atoms with van der Waals surface area (Å²) in [5.74, 6) is -1.30. The number of morpholine rings is 1. The van der Waals surface area contributed by atoms with Gasteiger partial charge in [0.2, 0.25) is 17.7 Å². The number of nitrogens with zero attached hydrogens (tertiary/aromatic N) is 2. The lowest BCUT2D eigenvalue weighted by Crippen LogP contribution is -2.58. The molecule has 3 amide bonds. The number of ether oxygens (including phenoxy) is 2. The fourth-order valence-corrected chi connectivity index (χ4v) is 7.51. The average molecular weight is 571 g/mol. The lowest BCUT2D eigenvalue weighted by atomic mass is 9.73. The number of halogens is 1. The summed E-state index contributed by atoms with van der Waals surface area (Å²) in [6.07, 6.45) is 6.32. The van der Waals surface area contributed by atoms with Crippen molar-refractivity contribution in [2.45, 2.75) is 56.9 Å². The molecule has 9 nitrogen and oxygen atoms in total. The van der Waals surface area contributed by atoms with E-state index in [0.29, 0.717) is 48.8 Å². The van der Waals surface area contributed by atoms with Crippen LogP contribution in [0.25, 0.3) is 0 Å². The Morgan fingerprint density at radius 1 is 1.07 bits per heavy atom. The van der Waals surface area contributed by atoms with Crippen LogP contribution in [-0.4, -0.2) is 90.7 Å². The second kappa shape index (κ2) is 11.1. The summed E-state index contributed by atoms with van der Waals surface area (Å²) < 4.78 is 12.0. The van der Waals surface area contributed by atoms with Gasteiger partial charge >= 0.3 is 0 Å². The molecule has 2 bridgehead atoms. The van der Waals surface area contributed by atoms with E-state index in [-0.39, 0.29) is 23.8 Å². The van der Waals surface area contributed by atoms with Gasteiger partial charge in [0, 0.05) is 42.9 Å². The van der Waals surface area contributed by atoms with E-state index in [9.17, 15) is 14.4 Å². The molecule has 8 atom stereocenters. The maximum absolute atomic E-state index is 14.2. The van der Waals surface area contributed by atoms with Crippen molar-refractivity contribution in [1.29, 1.82) is 0 Å². The number of hydrogen-bond donors (Lipinski definition) is 2. The second-order valence-corrected chi connectivity index (χ2v) is 12.5. The number of rotatable bonds is 7. The summed E-state index contributed by atoms with van der Waals surface area (Å²) in [7, 11) is 0. The standard InChI is InChI=1S/C30H39ClN4O5/c1-18-4-3-5-22(19(18)2)33-28(37)26-30-11-10-23(40-30)24(27(36)32-21-8-6-20(31)7-9-21)25(30)29(38)35(26)13-12-34-14-16-39-17-15-34/h6-11,18-19,22-26H,3-5,12-17H2,1-2H3,(H,32,36)(H,33,37)/t18-,19+,22+,23-,24-,25-,26+,30+/m1/s1. The first-order valence-electron chi connectivity index (χ1n) is 14.6. The van der Waals surface area contributed by atoms with Crippen molar-refractivity contribution in [2.75, 3.05) is 44.7 Å². The van der Waals surface area contributed by atoms with Gasteiger partial charge in [-0.3, -0.25) is 19.3 Å². The van der Waals surface area contributed by atoms with Crippen LogP contribution in [0, 0.1) is 23.7 Å². The van der Waals surface area contributed by atoms with E-state index in [1.807, 2.05) is 12.2 Å². The molecule has 0 radical (unpaired) electrons. The number of amides is 3. The van der Waals surface area contributed by atoms with E-state index in [4.69, 9.17) is 21.1 Å². The molecule has 0 aromatic heterocycles. The molecule has 4 aliphatic heterocycles. The van der Waals surface area contributed by atoms with Crippen molar-refractivity contribution in [1.82, 2.24) is 15.1 Å². The van der Waals surface area contributed by atoms with Crippen molar-refractivity contribution < 1.29 is 23.9 Å². The van der Waals surface area contributed by atoms with Gasteiger partial charge in [-0.1, -0.05) is 50.4 Å². The van der Waals surface area contributed by atoms with Crippen LogP contribution in [0.4, 0.5) is 5.69 Å². The molecule has 1 saturated carbocycles. The SMILES string of the molecule is C[C@H]1[C@H](C)CCC[C@@H]1NC(=O)[C@@H]1N(CCN2CCOCC2)C(=O)[C@H]2[C@H](C(=O)Nc3ccc(Cl)cc3)[C@H]3C=C[C@@]12O3. The minimum atomic E-state index is -1.16. The van der Waals surface area contributed by atoms with E-state index < -0.39 is 29.6 Å². The predicted molar refractivity (Wildman–Crippen MR) is 151 cm³/mol. The Bertz CT molecular complexity index is 1170. The van der Waals surface area contributed by atoms with Gasteiger partial charge in [-0.15, -0.1) is 0 Å². The number of likely N-dealkylation sites (tertiary alicyclic amines) is 1. The van der Waals surface area contributed by atoms with E-state index in [0.717, 1.165) is 32.4 Å². The van der Waals surface area contributed by atoms with E-state index in [2.05, 4.69) is 29.4 Å². The van der Waals surface area contributed by atoms with Crippen molar-refractivity contribution in [3.63, 3.8) is 0 Å². The van der Waals surface area contributed by atoms with E-state index >= 15 is 0 Å². The summed E-state index contributed by atoms with van der Waals surface area (Å²) in [4.78, 5) is 45.8. The van der Waals surface area contributed by atoms with Crippen LogP contribution in [0.1, 0.15) is 33.1 Å². The largest absolute Gasteiger partial charge is 0.379 e. The molecule has 5 aliphatic rings. The van der Waals surface area contributed by atoms with Crippen LogP contribution < -0.4 is 10.6 Å². The van der Waals surface area contributed by atoms with Crippen molar-refractivity contribution >= 4 is 35.0 Å². The Balaban J connectivity index is 1.27. The van der Waals surface area contributed by atoms with Gasteiger partial charge in [0.05, 0.1) is 31.2 Å². The van der Waals surface area contributed by atoms with Crippen LogP contribution in [0.2, 0.25) is 5.02 Å². The average Bonchev–Trinajstić information content (AvgIpc) is 3.59. The summed E-state index contributed by atoms with van der Waals surface area (Å²) in [5.41, 5.74) is -0.568. The van der Waals surface area contributed by atoms with Crippen molar-refractivity contribution in [3.05, 3.63) is 41.4 Å². The number of carbonyl (C=O) groups excluding carboxylic acids is 3. The Morgan fingerprint density at radius 3 is 2.58 bits per heavy atom. The predicted octanol–water partition coefficient (Wildman–Crippen LogP) is 2.70. The van der Waals surface area contributed by atoms with Gasteiger partial charge in [0.1, 0.15) is 11.6 Å². The van der Waals surface area contributed by atoms with Crippen LogP contribution >= 0.6 is 11.6 Å². The Labute approximate surface area is 240 Å². The quantitative estimate of drug-likeness (QED) is 0.489. The molecule has 3 saturated heterocycles. The minimum Gasteiger partial charge on any atom is -0.379 e. The fraction of sp³-hybridized carbons (Fsp3) is 0.633. The molecule has 1 spiro atoms. The smallest absolute Gasteiger partial charge is 0.246 e. The molecule has 10 heteroatoms. The molecule has 216 valence electrons. The van der Waals surface area contributed by atoms with Gasteiger partial charge in [0.25, 0.3) is 0 Å².